The van der Waals surface area contributed by atoms with E-state index in [0.29, 0.717) is 58.7 Å². The van der Waals surface area contributed by atoms with Gasteiger partial charge in [0.1, 0.15) is 5.54 Å². The molecule has 0 saturated heterocycles. The standard InChI is InChI=1S/C17H37N5O5/c18-6-1-9-25-12-17(13-26-10-2-7-19,14-27-11-3-8-20)22-16(24)5-4-15(21)23/h1-14,18-20H2,(H2,21,23)(H,22,24). The molecule has 0 saturated carbocycles. The summed E-state index contributed by atoms with van der Waals surface area (Å²) < 4.78 is 17.1. The van der Waals surface area contributed by atoms with E-state index < -0.39 is 11.4 Å². The van der Waals surface area contributed by atoms with Gasteiger partial charge in [-0.3, -0.25) is 9.59 Å². The molecule has 0 heterocycles. The zero-order valence-corrected chi connectivity index (χ0v) is 16.3. The monoisotopic (exact) mass is 391 g/mol. The molecular formula is C17H37N5O5. The Morgan fingerprint density at radius 2 is 1.15 bits per heavy atom. The lowest BCUT2D eigenvalue weighted by molar-refractivity contribution is -0.129. The van der Waals surface area contributed by atoms with Crippen LogP contribution in [-0.4, -0.2) is 76.6 Å². The Balaban J connectivity index is 4.95. The maximum Gasteiger partial charge on any atom is 0.221 e. The molecule has 0 spiro atoms. The van der Waals surface area contributed by atoms with Gasteiger partial charge in [0.05, 0.1) is 19.8 Å². The molecule has 0 aliphatic rings. The highest BCUT2D eigenvalue weighted by Crippen LogP contribution is 2.11. The van der Waals surface area contributed by atoms with Gasteiger partial charge in [-0.25, -0.2) is 0 Å². The molecule has 0 aromatic carbocycles. The molecule has 0 radical (unpaired) electrons. The molecule has 0 atom stereocenters. The molecule has 0 aromatic rings. The van der Waals surface area contributed by atoms with Gasteiger partial charge < -0.3 is 42.5 Å². The largest absolute Gasteiger partial charge is 0.379 e. The van der Waals surface area contributed by atoms with E-state index in [-0.39, 0.29) is 38.6 Å². The predicted molar refractivity (Wildman–Crippen MR) is 103 cm³/mol. The number of carbonyl (C=O) groups excluding carboxylic acids is 2. The van der Waals surface area contributed by atoms with Crippen molar-refractivity contribution < 1.29 is 23.8 Å². The van der Waals surface area contributed by atoms with Crippen molar-refractivity contribution in [1.29, 1.82) is 0 Å². The van der Waals surface area contributed by atoms with Crippen LogP contribution in [0.4, 0.5) is 0 Å². The molecule has 2 amide bonds. The summed E-state index contributed by atoms with van der Waals surface area (Å²) in [6.45, 7) is 3.50. The molecule has 0 unspecified atom stereocenters. The number of hydrogen-bond donors (Lipinski definition) is 5. The lowest BCUT2D eigenvalue weighted by atomic mass is 10.0. The lowest BCUT2D eigenvalue weighted by Crippen LogP contribution is -2.58. The fourth-order valence-electron chi connectivity index (χ4n) is 2.19. The minimum Gasteiger partial charge on any atom is -0.379 e. The Hall–Kier alpha value is -1.30. The zero-order chi connectivity index (χ0) is 20.4. The van der Waals surface area contributed by atoms with Gasteiger partial charge in [0.25, 0.3) is 0 Å². The molecule has 0 aliphatic carbocycles. The Bertz CT molecular complexity index is 367. The fourth-order valence-corrected chi connectivity index (χ4v) is 2.19. The summed E-state index contributed by atoms with van der Waals surface area (Å²) in [5.74, 6) is -0.852. The van der Waals surface area contributed by atoms with E-state index in [2.05, 4.69) is 5.32 Å². The van der Waals surface area contributed by atoms with Crippen molar-refractivity contribution in [2.45, 2.75) is 37.6 Å². The average molecular weight is 392 g/mol. The van der Waals surface area contributed by atoms with Gasteiger partial charge in [-0.05, 0) is 38.9 Å². The first-order valence-electron chi connectivity index (χ1n) is 9.42. The number of nitrogens with one attached hydrogen (secondary N) is 1. The summed E-state index contributed by atoms with van der Waals surface area (Å²) in [7, 11) is 0. The molecule has 0 fully saturated rings. The summed E-state index contributed by atoms with van der Waals surface area (Å²) in [4.78, 5) is 23.2. The van der Waals surface area contributed by atoms with Gasteiger partial charge in [-0.15, -0.1) is 0 Å². The van der Waals surface area contributed by atoms with Crippen molar-refractivity contribution in [3.63, 3.8) is 0 Å². The minimum atomic E-state index is -0.882. The first-order chi connectivity index (χ1) is 13.0. The Morgan fingerprint density at radius 1 is 0.741 bits per heavy atom. The van der Waals surface area contributed by atoms with Crippen LogP contribution in [-0.2, 0) is 23.8 Å². The molecular weight excluding hydrogens is 354 g/mol. The van der Waals surface area contributed by atoms with E-state index >= 15 is 0 Å². The van der Waals surface area contributed by atoms with Crippen molar-refractivity contribution in [3.8, 4) is 0 Å². The molecule has 160 valence electrons. The average Bonchev–Trinajstić information content (AvgIpc) is 2.64. The Labute approximate surface area is 161 Å². The second kappa shape index (κ2) is 16.8. The molecule has 10 heteroatoms. The first-order valence-corrected chi connectivity index (χ1v) is 9.42. The third kappa shape index (κ3) is 14.4. The van der Waals surface area contributed by atoms with Crippen LogP contribution in [0.5, 0.6) is 0 Å². The third-order valence-electron chi connectivity index (χ3n) is 3.62. The summed E-state index contributed by atoms with van der Waals surface area (Å²) in [5.41, 5.74) is 20.7. The second-order valence-corrected chi connectivity index (χ2v) is 6.38. The van der Waals surface area contributed by atoms with E-state index in [1.807, 2.05) is 0 Å². The van der Waals surface area contributed by atoms with Crippen molar-refractivity contribution in [3.05, 3.63) is 0 Å². The van der Waals surface area contributed by atoms with Crippen LogP contribution in [0.25, 0.3) is 0 Å². The normalized spacial score (nSPS) is 11.5. The van der Waals surface area contributed by atoms with Crippen molar-refractivity contribution in [1.82, 2.24) is 5.32 Å². The van der Waals surface area contributed by atoms with E-state index in [1.165, 1.54) is 0 Å². The fraction of sp³-hybridized carbons (Fsp3) is 0.882. The van der Waals surface area contributed by atoms with Gasteiger partial charge in [0, 0.05) is 32.7 Å². The number of nitrogens with two attached hydrogens (primary N) is 4. The maximum absolute atomic E-state index is 12.3. The van der Waals surface area contributed by atoms with Crippen LogP contribution in [0.2, 0.25) is 0 Å². The smallest absolute Gasteiger partial charge is 0.221 e. The summed E-state index contributed by atoms with van der Waals surface area (Å²) >= 11 is 0. The van der Waals surface area contributed by atoms with E-state index in [1.54, 1.807) is 0 Å². The highest BCUT2D eigenvalue weighted by atomic mass is 16.5. The highest BCUT2D eigenvalue weighted by molar-refractivity contribution is 5.83. The van der Waals surface area contributed by atoms with Crippen LogP contribution >= 0.6 is 0 Å². The van der Waals surface area contributed by atoms with Crippen LogP contribution < -0.4 is 28.3 Å². The maximum atomic E-state index is 12.3. The van der Waals surface area contributed by atoms with Crippen LogP contribution in [0.15, 0.2) is 0 Å². The summed E-state index contributed by atoms with van der Waals surface area (Å²) in [6, 6.07) is 0. The molecule has 27 heavy (non-hydrogen) atoms. The number of hydrogen-bond acceptors (Lipinski definition) is 8. The summed E-state index contributed by atoms with van der Waals surface area (Å²) in [6.07, 6.45) is 2.07. The van der Waals surface area contributed by atoms with Crippen molar-refractivity contribution in [2.75, 3.05) is 59.3 Å². The first kappa shape index (κ1) is 25.7. The number of primary amides is 1. The number of carbonyl (C=O) groups is 2. The molecule has 9 N–H and O–H groups in total. The van der Waals surface area contributed by atoms with Gasteiger partial charge in [0.2, 0.25) is 11.8 Å². The highest BCUT2D eigenvalue weighted by Gasteiger charge is 2.33. The van der Waals surface area contributed by atoms with Gasteiger partial charge in [-0.1, -0.05) is 0 Å². The van der Waals surface area contributed by atoms with E-state index in [4.69, 9.17) is 37.1 Å². The zero-order valence-electron chi connectivity index (χ0n) is 16.3. The number of rotatable bonds is 19. The van der Waals surface area contributed by atoms with Gasteiger partial charge in [-0.2, -0.15) is 0 Å². The van der Waals surface area contributed by atoms with Crippen molar-refractivity contribution in [2.24, 2.45) is 22.9 Å². The molecule has 10 nitrogen and oxygen atoms in total. The molecule has 0 aliphatic heterocycles. The minimum absolute atomic E-state index is 0.00845. The van der Waals surface area contributed by atoms with Crippen LogP contribution in [0, 0.1) is 0 Å². The summed E-state index contributed by atoms with van der Waals surface area (Å²) in [5, 5.41) is 2.90. The third-order valence-corrected chi connectivity index (χ3v) is 3.62. The van der Waals surface area contributed by atoms with Gasteiger partial charge in [0.15, 0.2) is 0 Å². The lowest BCUT2D eigenvalue weighted by Gasteiger charge is -2.34. The predicted octanol–water partition coefficient (Wildman–Crippen LogP) is -1.80. The Kier molecular flexibility index (Phi) is 16.0. The quantitative estimate of drug-likeness (QED) is 0.160. The Morgan fingerprint density at radius 3 is 1.48 bits per heavy atom. The molecule has 0 rings (SSSR count). The van der Waals surface area contributed by atoms with E-state index in [0.717, 1.165) is 0 Å². The van der Waals surface area contributed by atoms with Gasteiger partial charge >= 0.3 is 0 Å². The topological polar surface area (TPSA) is 178 Å². The van der Waals surface area contributed by atoms with E-state index in [9.17, 15) is 9.59 Å². The SMILES string of the molecule is NCCCOCC(COCCCN)(COCCCN)NC(=O)CCC(N)=O. The van der Waals surface area contributed by atoms with Crippen LogP contribution in [0.1, 0.15) is 32.1 Å². The molecule has 0 aromatic heterocycles. The number of ether oxygens (including phenoxy) is 3. The van der Waals surface area contributed by atoms with Crippen LogP contribution in [0.3, 0.4) is 0 Å². The van der Waals surface area contributed by atoms with Crippen molar-refractivity contribution >= 4 is 11.8 Å². The number of amides is 2. The second-order valence-electron chi connectivity index (χ2n) is 6.38. The molecule has 0 bridgehead atoms.